The van der Waals surface area contributed by atoms with Gasteiger partial charge in [0.2, 0.25) is 16.5 Å². The molecule has 4 nitrogen and oxygen atoms in total. The van der Waals surface area contributed by atoms with Gasteiger partial charge >= 0.3 is 0 Å². The van der Waals surface area contributed by atoms with Gasteiger partial charge in [-0.25, -0.2) is 0 Å². The Morgan fingerprint density at radius 2 is 1.86 bits per heavy atom. The Morgan fingerprint density at radius 1 is 1.29 bits per heavy atom. The number of hydrogen-bond donors (Lipinski definition) is 1. The maximum atomic E-state index is 5.61. The highest BCUT2D eigenvalue weighted by atomic mass is 35.5. The smallest absolute Gasteiger partial charge is 0.228 e. The summed E-state index contributed by atoms with van der Waals surface area (Å²) in [5.74, 6) is 0.413. The van der Waals surface area contributed by atoms with E-state index in [-0.39, 0.29) is 10.6 Å². The Bertz CT molecular complexity index is 289. The second kappa shape index (κ2) is 5.58. The predicted molar refractivity (Wildman–Crippen MR) is 61.3 cm³/mol. The monoisotopic (exact) mass is 252 g/mol. The van der Waals surface area contributed by atoms with Crippen LogP contribution in [0.2, 0.25) is 10.6 Å². The molecule has 1 heterocycles. The van der Waals surface area contributed by atoms with Crippen LogP contribution in [-0.4, -0.2) is 33.0 Å². The van der Waals surface area contributed by atoms with Gasteiger partial charge in [-0.2, -0.15) is 26.7 Å². The van der Waals surface area contributed by atoms with Gasteiger partial charge in [0, 0.05) is 11.8 Å². The maximum absolute atomic E-state index is 5.61. The van der Waals surface area contributed by atoms with Crippen molar-refractivity contribution in [2.75, 3.05) is 18.1 Å². The molecule has 1 N–H and O–H groups in total. The van der Waals surface area contributed by atoms with Crippen LogP contribution in [0.5, 0.6) is 0 Å². The van der Waals surface area contributed by atoms with Gasteiger partial charge in [-0.3, -0.25) is 0 Å². The van der Waals surface area contributed by atoms with Crippen LogP contribution in [-0.2, 0) is 0 Å². The van der Waals surface area contributed by atoms with Crippen LogP contribution in [0.25, 0.3) is 0 Å². The van der Waals surface area contributed by atoms with Gasteiger partial charge in [0.15, 0.2) is 0 Å². The van der Waals surface area contributed by atoms with Crippen molar-refractivity contribution in [2.45, 2.75) is 12.2 Å². The van der Waals surface area contributed by atoms with Crippen molar-refractivity contribution >= 4 is 40.9 Å². The average molecular weight is 253 g/mol. The zero-order chi connectivity index (χ0) is 10.6. The van der Waals surface area contributed by atoms with Crippen molar-refractivity contribution in [2.24, 2.45) is 0 Å². The molecular formula is C7H10Cl2N4S. The van der Waals surface area contributed by atoms with Crippen LogP contribution in [0, 0.1) is 0 Å². The summed E-state index contributed by atoms with van der Waals surface area (Å²) in [6.45, 7) is 2.86. The van der Waals surface area contributed by atoms with Crippen molar-refractivity contribution in [3.8, 4) is 0 Å². The summed E-state index contributed by atoms with van der Waals surface area (Å²) >= 11 is 13.0. The Kier molecular flexibility index (Phi) is 4.71. The Hall–Kier alpha value is -0.260. The van der Waals surface area contributed by atoms with Crippen molar-refractivity contribution in [3.63, 3.8) is 0 Å². The third-order valence-electron chi connectivity index (χ3n) is 1.53. The fraction of sp³-hybridized carbons (Fsp3) is 0.571. The third kappa shape index (κ3) is 3.86. The molecule has 1 unspecified atom stereocenters. The number of nitrogens with zero attached hydrogens (tertiary/aromatic N) is 3. The second-order valence-corrected chi connectivity index (χ2v) is 4.58. The summed E-state index contributed by atoms with van der Waals surface area (Å²) < 4.78 is 0. The fourth-order valence-corrected chi connectivity index (χ4v) is 1.34. The third-order valence-corrected chi connectivity index (χ3v) is 2.84. The summed E-state index contributed by atoms with van der Waals surface area (Å²) in [6.07, 6.45) is 2.04. The molecule has 7 heteroatoms. The summed E-state index contributed by atoms with van der Waals surface area (Å²) in [7, 11) is 0. The SMILES string of the molecule is CSC(C)CNc1nc(Cl)nc(Cl)n1. The van der Waals surface area contributed by atoms with Gasteiger partial charge in [-0.1, -0.05) is 6.92 Å². The molecule has 0 bridgehead atoms. The average Bonchev–Trinajstić information content (AvgIpc) is 2.12. The highest BCUT2D eigenvalue weighted by molar-refractivity contribution is 7.99. The lowest BCUT2D eigenvalue weighted by Crippen LogP contribution is -2.14. The molecule has 0 spiro atoms. The van der Waals surface area contributed by atoms with Crippen LogP contribution in [0.1, 0.15) is 6.92 Å². The number of anilines is 1. The van der Waals surface area contributed by atoms with Crippen LogP contribution >= 0.6 is 35.0 Å². The van der Waals surface area contributed by atoms with E-state index in [1.165, 1.54) is 0 Å². The Labute approximate surface area is 96.8 Å². The fourth-order valence-electron chi connectivity index (χ4n) is 0.723. The zero-order valence-corrected chi connectivity index (χ0v) is 10.1. The highest BCUT2D eigenvalue weighted by Gasteiger charge is 2.04. The molecule has 1 aromatic rings. The first-order valence-electron chi connectivity index (χ1n) is 3.95. The lowest BCUT2D eigenvalue weighted by molar-refractivity contribution is 0.954. The minimum Gasteiger partial charge on any atom is -0.353 e. The highest BCUT2D eigenvalue weighted by Crippen LogP contribution is 2.11. The van der Waals surface area contributed by atoms with E-state index >= 15 is 0 Å². The lowest BCUT2D eigenvalue weighted by Gasteiger charge is -2.09. The quantitative estimate of drug-likeness (QED) is 0.892. The topological polar surface area (TPSA) is 50.7 Å². The van der Waals surface area contributed by atoms with Gasteiger partial charge in [0.25, 0.3) is 0 Å². The number of hydrogen-bond acceptors (Lipinski definition) is 5. The lowest BCUT2D eigenvalue weighted by atomic mass is 10.5. The summed E-state index contributed by atoms with van der Waals surface area (Å²) in [5, 5.41) is 3.70. The largest absolute Gasteiger partial charge is 0.353 e. The Balaban J connectivity index is 2.58. The molecule has 0 aliphatic carbocycles. The van der Waals surface area contributed by atoms with E-state index in [0.29, 0.717) is 11.2 Å². The van der Waals surface area contributed by atoms with E-state index < -0.39 is 0 Å². The first kappa shape index (κ1) is 11.8. The van der Waals surface area contributed by atoms with Crippen LogP contribution in [0.3, 0.4) is 0 Å². The van der Waals surface area contributed by atoms with E-state index in [9.17, 15) is 0 Å². The minimum atomic E-state index is 0.101. The molecule has 1 aromatic heterocycles. The van der Waals surface area contributed by atoms with Crippen molar-refractivity contribution < 1.29 is 0 Å². The van der Waals surface area contributed by atoms with Crippen LogP contribution < -0.4 is 5.32 Å². The van der Waals surface area contributed by atoms with Crippen molar-refractivity contribution in [3.05, 3.63) is 10.6 Å². The van der Waals surface area contributed by atoms with Crippen LogP contribution in [0.4, 0.5) is 5.95 Å². The summed E-state index contributed by atoms with van der Waals surface area (Å²) in [4.78, 5) is 11.4. The maximum Gasteiger partial charge on any atom is 0.228 e. The second-order valence-electron chi connectivity index (χ2n) is 2.62. The van der Waals surface area contributed by atoms with E-state index in [1.807, 2.05) is 6.26 Å². The van der Waals surface area contributed by atoms with Crippen molar-refractivity contribution in [1.29, 1.82) is 0 Å². The van der Waals surface area contributed by atoms with Gasteiger partial charge in [-0.15, -0.1) is 0 Å². The molecule has 14 heavy (non-hydrogen) atoms. The minimum absolute atomic E-state index is 0.101. The number of rotatable bonds is 4. The molecule has 78 valence electrons. The predicted octanol–water partition coefficient (Wildman–Crippen LogP) is 2.34. The molecule has 0 aliphatic heterocycles. The standard InChI is InChI=1S/C7H10Cl2N4S/c1-4(14-2)3-10-7-12-5(8)11-6(9)13-7/h4H,3H2,1-2H3,(H,10,11,12,13). The molecule has 1 atom stereocenters. The molecule has 0 saturated carbocycles. The molecular weight excluding hydrogens is 243 g/mol. The summed E-state index contributed by atoms with van der Waals surface area (Å²) in [5.41, 5.74) is 0. The van der Waals surface area contributed by atoms with Crippen molar-refractivity contribution in [1.82, 2.24) is 15.0 Å². The zero-order valence-electron chi connectivity index (χ0n) is 7.79. The summed E-state index contributed by atoms with van der Waals surface area (Å²) in [6, 6.07) is 0. The molecule has 1 rings (SSSR count). The number of aromatic nitrogens is 3. The van der Waals surface area contributed by atoms with Gasteiger partial charge in [-0.05, 0) is 29.5 Å². The molecule has 0 aromatic carbocycles. The van der Waals surface area contributed by atoms with E-state index in [2.05, 4.69) is 27.2 Å². The van der Waals surface area contributed by atoms with Gasteiger partial charge in [0.05, 0.1) is 0 Å². The molecule has 0 aliphatic rings. The number of thioether (sulfide) groups is 1. The normalized spacial score (nSPS) is 12.6. The van der Waals surface area contributed by atoms with Crippen LogP contribution in [0.15, 0.2) is 0 Å². The first-order chi connectivity index (χ1) is 6.61. The number of nitrogens with one attached hydrogen (secondary N) is 1. The van der Waals surface area contributed by atoms with Gasteiger partial charge in [0.1, 0.15) is 0 Å². The first-order valence-corrected chi connectivity index (χ1v) is 6.00. The molecule has 0 saturated heterocycles. The molecule has 0 amide bonds. The molecule has 0 radical (unpaired) electrons. The Morgan fingerprint density at radius 3 is 2.36 bits per heavy atom. The van der Waals surface area contributed by atoms with Gasteiger partial charge < -0.3 is 5.32 Å². The molecule has 0 fully saturated rings. The van der Waals surface area contributed by atoms with E-state index in [1.54, 1.807) is 11.8 Å². The number of halogens is 2. The van der Waals surface area contributed by atoms with E-state index in [4.69, 9.17) is 23.2 Å². The van der Waals surface area contributed by atoms with E-state index in [0.717, 1.165) is 6.54 Å².